The van der Waals surface area contributed by atoms with E-state index in [0.29, 0.717) is 31.9 Å². The van der Waals surface area contributed by atoms with Gasteiger partial charge in [-0.2, -0.15) is 0 Å². The highest BCUT2D eigenvalue weighted by molar-refractivity contribution is 7.90. The summed E-state index contributed by atoms with van der Waals surface area (Å²) >= 11 is 6.42. The SMILES string of the molecule is CCOC(=O)CO[C@H]1/C=C/C[C@H](C)[C@H](C)S(=O)(=O)NC(=O)c2ccc3c(c2)N(C[C@@H]2CC[C@H]21)C[C@@]1(CCCc2cc(Cl)ccc21)CO3.[HH]. The summed E-state index contributed by atoms with van der Waals surface area (Å²) in [4.78, 5) is 28.1. The normalized spacial score (nSPS) is 30.9. The quantitative estimate of drug-likeness (QED) is 0.305. The van der Waals surface area contributed by atoms with Crippen LogP contribution in [0.15, 0.2) is 48.6 Å². The number of sulfonamides is 1. The maximum Gasteiger partial charge on any atom is 0.332 e. The van der Waals surface area contributed by atoms with Crippen molar-refractivity contribution in [2.75, 3.05) is 37.8 Å². The first-order valence-corrected chi connectivity index (χ1v) is 18.7. The van der Waals surface area contributed by atoms with Gasteiger partial charge in [-0.1, -0.05) is 36.7 Å². The lowest BCUT2D eigenvalue weighted by Gasteiger charge is -2.46. The number of benzene rings is 2. The van der Waals surface area contributed by atoms with Gasteiger partial charge < -0.3 is 19.1 Å². The Bertz CT molecular complexity index is 1650. The fourth-order valence-electron chi connectivity index (χ4n) is 7.69. The minimum absolute atomic E-state index is 0. The van der Waals surface area contributed by atoms with Crippen molar-refractivity contribution in [3.63, 3.8) is 0 Å². The van der Waals surface area contributed by atoms with Crippen LogP contribution in [0.25, 0.3) is 0 Å². The Hall–Kier alpha value is -3.08. The molecule has 2 bridgehead atoms. The molecule has 0 radical (unpaired) electrons. The number of carbonyl (C=O) groups excluding carboxylic acids is 2. The summed E-state index contributed by atoms with van der Waals surface area (Å²) in [5, 5.41) is -0.100. The van der Waals surface area contributed by atoms with Crippen LogP contribution in [0.5, 0.6) is 5.75 Å². The lowest BCUT2D eigenvalue weighted by atomic mass is 9.68. The average molecular weight is 687 g/mol. The number of rotatable bonds is 4. The van der Waals surface area contributed by atoms with E-state index in [1.807, 2.05) is 25.1 Å². The molecule has 11 heteroatoms. The molecule has 0 aromatic heterocycles. The number of ether oxygens (including phenoxy) is 3. The second-order valence-electron chi connectivity index (χ2n) is 13.7. The first-order chi connectivity index (χ1) is 22.5. The van der Waals surface area contributed by atoms with Crippen molar-refractivity contribution in [3.05, 3.63) is 70.3 Å². The third-order valence-corrected chi connectivity index (χ3v) is 12.9. The van der Waals surface area contributed by atoms with Gasteiger partial charge in [0.25, 0.3) is 5.91 Å². The molecule has 256 valence electrons. The van der Waals surface area contributed by atoms with Crippen LogP contribution in [0.2, 0.25) is 5.02 Å². The monoisotopic (exact) mass is 686 g/mol. The summed E-state index contributed by atoms with van der Waals surface area (Å²) in [6, 6.07) is 11.3. The van der Waals surface area contributed by atoms with E-state index in [1.165, 1.54) is 11.1 Å². The van der Waals surface area contributed by atoms with Gasteiger partial charge in [0.15, 0.2) is 0 Å². The van der Waals surface area contributed by atoms with Crippen molar-refractivity contribution in [3.8, 4) is 5.75 Å². The summed E-state index contributed by atoms with van der Waals surface area (Å²) in [5.41, 5.74) is 3.21. The van der Waals surface area contributed by atoms with Crippen molar-refractivity contribution in [2.24, 2.45) is 17.8 Å². The number of halogens is 1. The summed E-state index contributed by atoms with van der Waals surface area (Å²) in [6.45, 7) is 7.21. The van der Waals surface area contributed by atoms with Gasteiger partial charge in [-0.15, -0.1) is 0 Å². The molecule has 1 amide bonds. The van der Waals surface area contributed by atoms with Gasteiger partial charge in [0.05, 0.1) is 30.3 Å². The van der Waals surface area contributed by atoms with Crippen molar-refractivity contribution in [1.29, 1.82) is 0 Å². The Morgan fingerprint density at radius 3 is 2.79 bits per heavy atom. The maximum atomic E-state index is 13.5. The molecule has 2 aliphatic carbocycles. The zero-order valence-corrected chi connectivity index (χ0v) is 28.9. The molecule has 1 fully saturated rings. The van der Waals surface area contributed by atoms with Gasteiger partial charge in [0, 0.05) is 30.5 Å². The molecule has 9 nitrogen and oxygen atoms in total. The first-order valence-electron chi connectivity index (χ1n) is 16.8. The highest BCUT2D eigenvalue weighted by atomic mass is 35.5. The molecule has 2 aliphatic heterocycles. The van der Waals surface area contributed by atoms with Crippen molar-refractivity contribution < 1.29 is 33.6 Å². The van der Waals surface area contributed by atoms with E-state index < -0.39 is 27.1 Å². The number of nitrogens with one attached hydrogen (secondary N) is 1. The minimum atomic E-state index is -3.97. The second-order valence-corrected chi connectivity index (χ2v) is 16.2. The topological polar surface area (TPSA) is 111 Å². The summed E-state index contributed by atoms with van der Waals surface area (Å²) in [5.74, 6) is -0.260. The van der Waals surface area contributed by atoms with Crippen LogP contribution < -0.4 is 14.4 Å². The van der Waals surface area contributed by atoms with Gasteiger partial charge in [0.1, 0.15) is 12.4 Å². The standard InChI is InChI=1S/C36H45ClN2O7S.H2/c1-4-44-34(40)20-45-32-9-5-7-23(2)24(3)47(42,43)38-35(41)26-11-15-33-31(18-26)39(19-27-10-13-29(27)32)21-36(22-46-33)16-6-8-25-17-28(37)12-14-30(25)36;/h5,9,11-12,14-15,17-18,23-24,27,29,32H,4,6-8,10,13,16,19-22H2,1-3H3,(H,38,41);1H/b9-5+;/t23-,24-,27-,29+,32-,36-;/m0./s1. The second kappa shape index (κ2) is 13.8. The van der Waals surface area contributed by atoms with Crippen molar-refractivity contribution >= 4 is 39.2 Å². The third kappa shape index (κ3) is 7.06. The van der Waals surface area contributed by atoms with Crippen LogP contribution in [0.1, 0.15) is 75.8 Å². The smallest absolute Gasteiger partial charge is 0.332 e. The van der Waals surface area contributed by atoms with Crippen molar-refractivity contribution in [1.82, 2.24) is 4.72 Å². The van der Waals surface area contributed by atoms with E-state index in [0.717, 1.165) is 42.8 Å². The summed E-state index contributed by atoms with van der Waals surface area (Å²) < 4.78 is 46.9. The lowest BCUT2D eigenvalue weighted by molar-refractivity contribution is -0.151. The zero-order chi connectivity index (χ0) is 33.3. The molecular formula is C36H47ClN2O7S. The number of aryl methyl sites for hydroxylation is 1. The van der Waals surface area contributed by atoms with Gasteiger partial charge in [-0.3, -0.25) is 4.79 Å². The molecular weight excluding hydrogens is 640 g/mol. The number of nitrogens with zero attached hydrogens (tertiary/aromatic N) is 1. The molecule has 0 unspecified atom stereocenters. The highest BCUT2D eigenvalue weighted by Crippen LogP contribution is 2.47. The molecule has 6 rings (SSSR count). The highest BCUT2D eigenvalue weighted by Gasteiger charge is 2.44. The Labute approximate surface area is 284 Å². The molecule has 1 N–H and O–H groups in total. The molecule has 2 aromatic carbocycles. The van der Waals surface area contributed by atoms with Crippen LogP contribution in [0, 0.1) is 17.8 Å². The lowest BCUT2D eigenvalue weighted by Crippen LogP contribution is -2.50. The average Bonchev–Trinajstić information content (AvgIpc) is 3.17. The van der Waals surface area contributed by atoms with E-state index >= 15 is 0 Å². The van der Waals surface area contributed by atoms with Gasteiger partial charge >= 0.3 is 5.97 Å². The largest absolute Gasteiger partial charge is 0.490 e. The Kier molecular flexibility index (Phi) is 9.93. The van der Waals surface area contributed by atoms with E-state index in [9.17, 15) is 18.0 Å². The number of fused-ring (bicyclic) bond motifs is 4. The molecule has 0 saturated heterocycles. The number of allylic oxidation sites excluding steroid dienone is 1. The fourth-order valence-corrected chi connectivity index (χ4v) is 9.17. The van der Waals surface area contributed by atoms with Crippen molar-refractivity contribution in [2.45, 2.75) is 76.1 Å². The molecule has 47 heavy (non-hydrogen) atoms. The molecule has 1 saturated carbocycles. The first kappa shape index (κ1) is 33.8. The fraction of sp³-hybridized carbons (Fsp3) is 0.556. The number of hydrogen-bond donors (Lipinski definition) is 1. The number of amides is 1. The molecule has 4 aliphatic rings. The number of esters is 1. The summed E-state index contributed by atoms with van der Waals surface area (Å²) in [7, 11) is -3.97. The van der Waals surface area contributed by atoms with E-state index in [-0.39, 0.29) is 49.5 Å². The van der Waals surface area contributed by atoms with E-state index in [2.05, 4.69) is 21.8 Å². The minimum Gasteiger partial charge on any atom is -0.490 e. The maximum absolute atomic E-state index is 13.5. The molecule has 2 heterocycles. The van der Waals surface area contributed by atoms with E-state index in [4.69, 9.17) is 25.8 Å². The third-order valence-electron chi connectivity index (χ3n) is 10.7. The predicted molar refractivity (Wildman–Crippen MR) is 184 cm³/mol. The predicted octanol–water partition coefficient (Wildman–Crippen LogP) is 6.08. The van der Waals surface area contributed by atoms with Crippen LogP contribution in [0.3, 0.4) is 0 Å². The number of hydrogen-bond acceptors (Lipinski definition) is 8. The molecule has 2 aromatic rings. The van der Waals surface area contributed by atoms with Crippen LogP contribution in [-0.4, -0.2) is 64.6 Å². The zero-order valence-electron chi connectivity index (χ0n) is 27.4. The van der Waals surface area contributed by atoms with E-state index in [1.54, 1.807) is 32.0 Å². The number of carbonyl (C=O) groups is 2. The molecule has 1 spiro atoms. The van der Waals surface area contributed by atoms with Gasteiger partial charge in [-0.25, -0.2) is 17.9 Å². The Morgan fingerprint density at radius 2 is 2.02 bits per heavy atom. The van der Waals surface area contributed by atoms with Gasteiger partial charge in [-0.05, 0) is 112 Å². The summed E-state index contributed by atoms with van der Waals surface area (Å²) in [6.07, 6.45) is 8.92. The van der Waals surface area contributed by atoms with Crippen LogP contribution >= 0.6 is 11.6 Å². The van der Waals surface area contributed by atoms with Crippen LogP contribution in [0.4, 0.5) is 5.69 Å². The van der Waals surface area contributed by atoms with Gasteiger partial charge in [0.2, 0.25) is 10.0 Å². The Balaban J connectivity index is 0.00000451. The Morgan fingerprint density at radius 1 is 1.19 bits per heavy atom. The number of anilines is 1. The van der Waals surface area contributed by atoms with Crippen LogP contribution in [-0.2, 0) is 36.1 Å². The molecule has 6 atom stereocenters.